The van der Waals surface area contributed by atoms with Gasteiger partial charge in [0.25, 0.3) is 0 Å². The Kier molecular flexibility index (Phi) is 3.28. The summed E-state index contributed by atoms with van der Waals surface area (Å²) in [5.41, 5.74) is 6.59. The van der Waals surface area contributed by atoms with E-state index in [0.29, 0.717) is 12.4 Å². The lowest BCUT2D eigenvalue weighted by Crippen LogP contribution is -2.03. The molecule has 0 fully saturated rings. The van der Waals surface area contributed by atoms with Crippen LogP contribution >= 0.6 is 0 Å². The SMILES string of the molecule is NCc1ccc(F)c(Oc2ccc3c(c2)CCO3)c1F. The van der Waals surface area contributed by atoms with Crippen molar-refractivity contribution in [2.45, 2.75) is 13.0 Å². The van der Waals surface area contributed by atoms with Crippen molar-refractivity contribution in [1.82, 2.24) is 0 Å². The predicted octanol–water partition coefficient (Wildman–Crippen LogP) is 3.15. The molecule has 2 aromatic carbocycles. The van der Waals surface area contributed by atoms with E-state index in [0.717, 1.165) is 23.8 Å². The monoisotopic (exact) mass is 277 g/mol. The first-order valence-electron chi connectivity index (χ1n) is 6.29. The zero-order chi connectivity index (χ0) is 14.1. The molecule has 0 bridgehead atoms. The first-order chi connectivity index (χ1) is 9.69. The van der Waals surface area contributed by atoms with E-state index >= 15 is 0 Å². The minimum absolute atomic E-state index is 0.0134. The van der Waals surface area contributed by atoms with Gasteiger partial charge in [-0.25, -0.2) is 8.78 Å². The second-order valence-electron chi connectivity index (χ2n) is 4.52. The van der Waals surface area contributed by atoms with E-state index in [9.17, 15) is 8.78 Å². The van der Waals surface area contributed by atoms with Gasteiger partial charge in [-0.1, -0.05) is 6.07 Å². The molecule has 0 aromatic heterocycles. The molecule has 0 atom stereocenters. The van der Waals surface area contributed by atoms with Gasteiger partial charge < -0.3 is 15.2 Å². The van der Waals surface area contributed by atoms with Crippen LogP contribution in [0.25, 0.3) is 0 Å². The van der Waals surface area contributed by atoms with Crippen molar-refractivity contribution in [3.05, 3.63) is 53.1 Å². The van der Waals surface area contributed by atoms with E-state index in [2.05, 4.69) is 0 Å². The predicted molar refractivity (Wildman–Crippen MR) is 70.0 cm³/mol. The van der Waals surface area contributed by atoms with Crippen LogP contribution in [0, 0.1) is 11.6 Å². The summed E-state index contributed by atoms with van der Waals surface area (Å²) >= 11 is 0. The minimum Gasteiger partial charge on any atom is -0.493 e. The molecule has 0 unspecified atom stereocenters. The van der Waals surface area contributed by atoms with Gasteiger partial charge in [0.05, 0.1) is 6.61 Å². The second-order valence-corrected chi connectivity index (χ2v) is 4.52. The van der Waals surface area contributed by atoms with Crippen LogP contribution in [0.1, 0.15) is 11.1 Å². The van der Waals surface area contributed by atoms with E-state index in [1.54, 1.807) is 18.2 Å². The molecule has 1 aliphatic rings. The summed E-state index contributed by atoms with van der Waals surface area (Å²) in [5, 5.41) is 0. The smallest absolute Gasteiger partial charge is 0.198 e. The highest BCUT2D eigenvalue weighted by molar-refractivity contribution is 5.44. The normalized spacial score (nSPS) is 12.9. The maximum atomic E-state index is 14.0. The maximum absolute atomic E-state index is 14.0. The summed E-state index contributed by atoms with van der Waals surface area (Å²) in [6.07, 6.45) is 0.764. The zero-order valence-electron chi connectivity index (χ0n) is 10.7. The Bertz CT molecular complexity index is 659. The molecule has 0 saturated heterocycles. The number of fused-ring (bicyclic) bond motifs is 1. The van der Waals surface area contributed by atoms with Gasteiger partial charge >= 0.3 is 0 Å². The molecule has 2 aromatic rings. The molecule has 1 heterocycles. The van der Waals surface area contributed by atoms with Crippen LogP contribution in [0.15, 0.2) is 30.3 Å². The van der Waals surface area contributed by atoms with E-state index in [4.69, 9.17) is 15.2 Å². The molecule has 1 aliphatic heterocycles. The van der Waals surface area contributed by atoms with Crippen LogP contribution in [-0.4, -0.2) is 6.61 Å². The van der Waals surface area contributed by atoms with Gasteiger partial charge in [-0.3, -0.25) is 0 Å². The van der Waals surface area contributed by atoms with Gasteiger partial charge in [-0.05, 0) is 24.3 Å². The van der Waals surface area contributed by atoms with Gasteiger partial charge in [0.2, 0.25) is 0 Å². The van der Waals surface area contributed by atoms with Crippen molar-refractivity contribution < 1.29 is 18.3 Å². The average molecular weight is 277 g/mol. The highest BCUT2D eigenvalue weighted by atomic mass is 19.1. The molecule has 104 valence electrons. The standard InChI is InChI=1S/C15H13F2NO2/c16-12-3-1-10(8-18)14(17)15(12)20-11-2-4-13-9(7-11)5-6-19-13/h1-4,7H,5-6,8,18H2. The molecule has 0 saturated carbocycles. The molecular formula is C15H13F2NO2. The number of ether oxygens (including phenoxy) is 2. The molecule has 0 amide bonds. The lowest BCUT2D eigenvalue weighted by atomic mass is 10.1. The summed E-state index contributed by atoms with van der Waals surface area (Å²) in [4.78, 5) is 0. The third kappa shape index (κ3) is 2.20. The molecule has 0 radical (unpaired) electrons. The molecule has 0 aliphatic carbocycles. The van der Waals surface area contributed by atoms with Gasteiger partial charge in [0.15, 0.2) is 17.4 Å². The topological polar surface area (TPSA) is 44.5 Å². The number of hydrogen-bond donors (Lipinski definition) is 1. The highest BCUT2D eigenvalue weighted by Crippen LogP contribution is 2.33. The molecule has 20 heavy (non-hydrogen) atoms. The number of benzene rings is 2. The van der Waals surface area contributed by atoms with Gasteiger partial charge in [0.1, 0.15) is 11.5 Å². The Hall–Kier alpha value is -2.14. The molecular weight excluding hydrogens is 264 g/mol. The number of rotatable bonds is 3. The molecule has 5 heteroatoms. The lowest BCUT2D eigenvalue weighted by Gasteiger charge is -2.11. The molecule has 2 N–H and O–H groups in total. The van der Waals surface area contributed by atoms with Crippen LogP contribution < -0.4 is 15.2 Å². The number of hydrogen-bond acceptors (Lipinski definition) is 3. The Morgan fingerprint density at radius 1 is 1.20 bits per heavy atom. The van der Waals surface area contributed by atoms with Crippen molar-refractivity contribution in [2.24, 2.45) is 5.73 Å². The summed E-state index contributed by atoms with van der Waals surface area (Å²) in [7, 11) is 0. The van der Waals surface area contributed by atoms with Crippen LogP contribution in [0.3, 0.4) is 0 Å². The quantitative estimate of drug-likeness (QED) is 0.937. The molecule has 3 nitrogen and oxygen atoms in total. The van der Waals surface area contributed by atoms with Crippen LogP contribution in [-0.2, 0) is 13.0 Å². The molecule has 0 spiro atoms. The third-order valence-corrected chi connectivity index (χ3v) is 3.23. The average Bonchev–Trinajstić information content (AvgIpc) is 2.91. The lowest BCUT2D eigenvalue weighted by molar-refractivity contribution is 0.356. The van der Waals surface area contributed by atoms with E-state index in [1.165, 1.54) is 6.07 Å². The minimum atomic E-state index is -0.760. The van der Waals surface area contributed by atoms with E-state index < -0.39 is 17.4 Å². The fourth-order valence-electron chi connectivity index (χ4n) is 2.17. The largest absolute Gasteiger partial charge is 0.493 e. The Balaban J connectivity index is 1.95. The maximum Gasteiger partial charge on any atom is 0.198 e. The molecule has 3 rings (SSSR count). The van der Waals surface area contributed by atoms with E-state index in [-0.39, 0.29) is 12.1 Å². The fourth-order valence-corrected chi connectivity index (χ4v) is 2.17. The van der Waals surface area contributed by atoms with Gasteiger partial charge in [-0.15, -0.1) is 0 Å². The first-order valence-corrected chi connectivity index (χ1v) is 6.29. The zero-order valence-corrected chi connectivity index (χ0v) is 10.7. The van der Waals surface area contributed by atoms with Gasteiger partial charge in [0, 0.05) is 24.1 Å². The van der Waals surface area contributed by atoms with Gasteiger partial charge in [-0.2, -0.15) is 0 Å². The Labute approximate surface area is 114 Å². The summed E-state index contributed by atoms with van der Waals surface area (Å²) in [5.74, 6) is -0.775. The summed E-state index contributed by atoms with van der Waals surface area (Å²) < 4.78 is 38.4. The number of halogens is 2. The second kappa shape index (κ2) is 5.09. The Morgan fingerprint density at radius 2 is 2.05 bits per heavy atom. The van der Waals surface area contributed by atoms with Crippen molar-refractivity contribution in [1.29, 1.82) is 0 Å². The van der Waals surface area contributed by atoms with Crippen molar-refractivity contribution in [2.75, 3.05) is 6.61 Å². The van der Waals surface area contributed by atoms with Crippen molar-refractivity contribution in [3.8, 4) is 17.2 Å². The Morgan fingerprint density at radius 3 is 2.85 bits per heavy atom. The number of nitrogens with two attached hydrogens (primary N) is 1. The summed E-state index contributed by atoms with van der Waals surface area (Å²) in [6, 6.07) is 7.56. The third-order valence-electron chi connectivity index (χ3n) is 3.23. The van der Waals surface area contributed by atoms with Crippen molar-refractivity contribution >= 4 is 0 Å². The van der Waals surface area contributed by atoms with Crippen LogP contribution in [0.4, 0.5) is 8.78 Å². The highest BCUT2D eigenvalue weighted by Gasteiger charge is 2.17. The van der Waals surface area contributed by atoms with Crippen molar-refractivity contribution in [3.63, 3.8) is 0 Å². The fraction of sp³-hybridized carbons (Fsp3) is 0.200. The van der Waals surface area contributed by atoms with E-state index in [1.807, 2.05) is 0 Å². The summed E-state index contributed by atoms with van der Waals surface area (Å²) in [6.45, 7) is 0.602. The first kappa shape index (κ1) is 12.9. The van der Waals surface area contributed by atoms with Crippen LogP contribution in [0.2, 0.25) is 0 Å². The van der Waals surface area contributed by atoms with Crippen LogP contribution in [0.5, 0.6) is 17.2 Å².